The summed E-state index contributed by atoms with van der Waals surface area (Å²) in [4.78, 5) is 12.5. The Morgan fingerprint density at radius 2 is 2.08 bits per heavy atom. The summed E-state index contributed by atoms with van der Waals surface area (Å²) in [6.07, 6.45) is 2.66. The highest BCUT2D eigenvalue weighted by Gasteiger charge is 2.26. The first kappa shape index (κ1) is 18.3. The molecule has 8 heteroatoms. The third-order valence-electron chi connectivity index (χ3n) is 4.43. The van der Waals surface area contributed by atoms with Crippen molar-refractivity contribution >= 4 is 15.9 Å². The van der Waals surface area contributed by atoms with Crippen LogP contribution in [0.4, 0.5) is 0 Å². The molecule has 0 aromatic heterocycles. The third-order valence-corrected chi connectivity index (χ3v) is 6.32. The highest BCUT2D eigenvalue weighted by atomic mass is 32.2. The molecule has 1 N–H and O–H groups in total. The Morgan fingerprint density at radius 1 is 1.20 bits per heavy atom. The number of nitrogens with zero attached hydrogens (tertiary/aromatic N) is 1. The van der Waals surface area contributed by atoms with Crippen molar-refractivity contribution in [2.24, 2.45) is 0 Å². The monoisotopic (exact) mass is 368 g/mol. The second-order valence-electron chi connectivity index (χ2n) is 6.24. The van der Waals surface area contributed by atoms with Gasteiger partial charge >= 0.3 is 0 Å². The third kappa shape index (κ3) is 4.58. The Morgan fingerprint density at radius 3 is 2.88 bits per heavy atom. The molecule has 1 aromatic carbocycles. The maximum Gasteiger partial charge on any atom is 0.251 e. The highest BCUT2D eigenvalue weighted by Crippen LogP contribution is 2.19. The van der Waals surface area contributed by atoms with Crippen molar-refractivity contribution < 1.29 is 22.7 Å². The van der Waals surface area contributed by atoms with E-state index in [2.05, 4.69) is 5.32 Å². The molecule has 0 bridgehead atoms. The summed E-state index contributed by atoms with van der Waals surface area (Å²) in [6.45, 7) is 2.89. The van der Waals surface area contributed by atoms with Crippen LogP contribution in [0.25, 0.3) is 0 Å². The first-order chi connectivity index (χ1) is 12.1. The molecule has 0 unspecified atom stereocenters. The van der Waals surface area contributed by atoms with Crippen molar-refractivity contribution in [1.29, 1.82) is 0 Å². The van der Waals surface area contributed by atoms with Gasteiger partial charge in [-0.05, 0) is 37.5 Å². The molecule has 3 rings (SSSR count). The minimum absolute atomic E-state index is 0.0490. The Kier molecular flexibility index (Phi) is 6.06. The Hall–Kier alpha value is -1.48. The number of hydrogen-bond donors (Lipinski definition) is 1. The fraction of sp³-hybridized carbons (Fsp3) is 0.588. The molecule has 2 fully saturated rings. The molecule has 1 aromatic rings. The predicted molar refractivity (Wildman–Crippen MR) is 91.9 cm³/mol. The largest absolute Gasteiger partial charge is 0.380 e. The van der Waals surface area contributed by atoms with Crippen LogP contribution in [-0.2, 0) is 19.5 Å². The van der Waals surface area contributed by atoms with Gasteiger partial charge in [-0.2, -0.15) is 4.31 Å². The van der Waals surface area contributed by atoms with Gasteiger partial charge in [0.1, 0.15) is 0 Å². The van der Waals surface area contributed by atoms with Crippen LogP contribution in [0.1, 0.15) is 29.6 Å². The van der Waals surface area contributed by atoms with Gasteiger partial charge in [0.25, 0.3) is 5.91 Å². The standard InChI is InChI=1S/C17H24N2O5S/c20-17(18-13-15-5-2-10-24-15)14-4-1-6-16(12-14)25(21,22)19-7-3-9-23-11-8-19/h1,4,6,12,15H,2-3,5,7-11,13H2,(H,18,20)/t15-/m0/s1. The maximum absolute atomic E-state index is 12.8. The van der Waals surface area contributed by atoms with Gasteiger partial charge in [0.05, 0.1) is 17.6 Å². The molecule has 1 amide bonds. The Labute approximate surface area is 148 Å². The lowest BCUT2D eigenvalue weighted by atomic mass is 10.2. The van der Waals surface area contributed by atoms with Gasteiger partial charge in [-0.1, -0.05) is 6.07 Å². The van der Waals surface area contributed by atoms with Crippen molar-refractivity contribution in [1.82, 2.24) is 9.62 Å². The molecule has 7 nitrogen and oxygen atoms in total. The lowest BCUT2D eigenvalue weighted by Gasteiger charge is -2.19. The molecule has 2 heterocycles. The molecule has 0 aliphatic carbocycles. The van der Waals surface area contributed by atoms with E-state index >= 15 is 0 Å². The van der Waals surface area contributed by atoms with Gasteiger partial charge < -0.3 is 14.8 Å². The molecule has 1 atom stereocenters. The zero-order valence-corrected chi connectivity index (χ0v) is 15.0. The van der Waals surface area contributed by atoms with Crippen LogP contribution in [0.2, 0.25) is 0 Å². The number of ether oxygens (including phenoxy) is 2. The zero-order valence-electron chi connectivity index (χ0n) is 14.1. The van der Waals surface area contributed by atoms with Crippen LogP contribution in [0.15, 0.2) is 29.2 Å². The zero-order chi connectivity index (χ0) is 17.7. The summed E-state index contributed by atoms with van der Waals surface area (Å²) in [5.74, 6) is -0.285. The summed E-state index contributed by atoms with van der Waals surface area (Å²) in [5, 5.41) is 2.82. The quantitative estimate of drug-likeness (QED) is 0.838. The molecule has 0 saturated carbocycles. The molecule has 2 aliphatic heterocycles. The van der Waals surface area contributed by atoms with Gasteiger partial charge in [0.15, 0.2) is 0 Å². The van der Waals surface area contributed by atoms with E-state index < -0.39 is 10.0 Å². The van der Waals surface area contributed by atoms with Gasteiger partial charge in [-0.25, -0.2) is 8.42 Å². The second-order valence-corrected chi connectivity index (χ2v) is 8.18. The lowest BCUT2D eigenvalue weighted by molar-refractivity contribution is 0.0857. The van der Waals surface area contributed by atoms with Crippen LogP contribution in [0.5, 0.6) is 0 Å². The number of carbonyl (C=O) groups excluding carboxylic acids is 1. The van der Waals surface area contributed by atoms with E-state index in [-0.39, 0.29) is 16.9 Å². The van der Waals surface area contributed by atoms with Crippen LogP contribution >= 0.6 is 0 Å². The van der Waals surface area contributed by atoms with Gasteiger partial charge in [0.2, 0.25) is 10.0 Å². The number of sulfonamides is 1. The van der Waals surface area contributed by atoms with E-state index in [1.807, 2.05) is 0 Å². The summed E-state index contributed by atoms with van der Waals surface area (Å²) in [7, 11) is -3.62. The predicted octanol–water partition coefficient (Wildman–Crippen LogP) is 1.01. The van der Waals surface area contributed by atoms with Crippen molar-refractivity contribution in [3.8, 4) is 0 Å². The second kappa shape index (κ2) is 8.27. The topological polar surface area (TPSA) is 84.9 Å². The van der Waals surface area contributed by atoms with E-state index in [0.29, 0.717) is 44.8 Å². The molecule has 25 heavy (non-hydrogen) atoms. The molecule has 2 aliphatic rings. The Balaban J connectivity index is 1.70. The summed E-state index contributed by atoms with van der Waals surface area (Å²) >= 11 is 0. The summed E-state index contributed by atoms with van der Waals surface area (Å²) < 4.78 is 37.8. The fourth-order valence-electron chi connectivity index (χ4n) is 3.02. The van der Waals surface area contributed by atoms with Gasteiger partial charge in [-0.15, -0.1) is 0 Å². The summed E-state index contributed by atoms with van der Waals surface area (Å²) in [5.41, 5.74) is 0.338. The SMILES string of the molecule is O=C(NC[C@@H]1CCCO1)c1cccc(S(=O)(=O)N2CCCOCC2)c1. The number of rotatable bonds is 5. The normalized spacial score (nSPS) is 22.5. The number of carbonyl (C=O) groups is 1. The van der Waals surface area contributed by atoms with Crippen LogP contribution in [0.3, 0.4) is 0 Å². The lowest BCUT2D eigenvalue weighted by Crippen LogP contribution is -2.34. The molecule has 2 saturated heterocycles. The van der Waals surface area contributed by atoms with E-state index in [9.17, 15) is 13.2 Å². The van der Waals surface area contributed by atoms with E-state index in [0.717, 1.165) is 19.4 Å². The van der Waals surface area contributed by atoms with Crippen molar-refractivity contribution in [3.63, 3.8) is 0 Å². The smallest absolute Gasteiger partial charge is 0.251 e. The minimum Gasteiger partial charge on any atom is -0.380 e. The molecule has 138 valence electrons. The van der Waals surface area contributed by atoms with Crippen molar-refractivity contribution in [2.45, 2.75) is 30.3 Å². The number of amides is 1. The molecular formula is C17H24N2O5S. The summed E-state index contributed by atoms with van der Waals surface area (Å²) in [6, 6.07) is 6.18. The fourth-order valence-corrected chi connectivity index (χ4v) is 4.53. The van der Waals surface area contributed by atoms with E-state index in [4.69, 9.17) is 9.47 Å². The molecule has 0 spiro atoms. The molecular weight excluding hydrogens is 344 g/mol. The van der Waals surface area contributed by atoms with Crippen molar-refractivity contribution in [2.75, 3.05) is 39.5 Å². The molecule has 0 radical (unpaired) electrons. The van der Waals surface area contributed by atoms with Crippen molar-refractivity contribution in [3.05, 3.63) is 29.8 Å². The first-order valence-corrected chi connectivity index (χ1v) is 10.1. The maximum atomic E-state index is 12.8. The number of hydrogen-bond acceptors (Lipinski definition) is 5. The number of nitrogens with one attached hydrogen (secondary N) is 1. The van der Waals surface area contributed by atoms with Crippen LogP contribution in [-0.4, -0.2) is 64.2 Å². The Bertz CT molecular complexity index is 693. The minimum atomic E-state index is -3.62. The van der Waals surface area contributed by atoms with Crippen LogP contribution in [0, 0.1) is 0 Å². The van der Waals surface area contributed by atoms with Gasteiger partial charge in [0, 0.05) is 38.4 Å². The first-order valence-electron chi connectivity index (χ1n) is 8.65. The van der Waals surface area contributed by atoms with Gasteiger partial charge in [-0.3, -0.25) is 4.79 Å². The average Bonchev–Trinajstić information content (AvgIpc) is 2.99. The van der Waals surface area contributed by atoms with E-state index in [1.54, 1.807) is 12.1 Å². The highest BCUT2D eigenvalue weighted by molar-refractivity contribution is 7.89. The average molecular weight is 368 g/mol. The van der Waals surface area contributed by atoms with E-state index in [1.165, 1.54) is 16.4 Å². The van der Waals surface area contributed by atoms with Crippen LogP contribution < -0.4 is 5.32 Å². The number of benzene rings is 1.